The second-order valence-electron chi connectivity index (χ2n) is 6.03. The molecule has 0 bridgehead atoms. The van der Waals surface area contributed by atoms with Crippen LogP contribution < -0.4 is 15.5 Å². The van der Waals surface area contributed by atoms with E-state index >= 15 is 0 Å². The molecular weight excluding hydrogens is 310 g/mol. The van der Waals surface area contributed by atoms with Crippen molar-refractivity contribution in [2.75, 3.05) is 7.11 Å². The summed E-state index contributed by atoms with van der Waals surface area (Å²) in [7, 11) is 1.56. The summed E-state index contributed by atoms with van der Waals surface area (Å²) < 4.78 is 5.08. The molecule has 23 heavy (non-hydrogen) atoms. The Hall–Kier alpha value is -1.82. The minimum absolute atomic E-state index is 0.132. The monoisotopic (exact) mass is 335 g/mol. The number of hydrogen-bond acceptors (Lipinski definition) is 4. The molecule has 0 aromatic heterocycles. The molecule has 0 saturated heterocycles. The van der Waals surface area contributed by atoms with Crippen LogP contribution in [-0.4, -0.2) is 29.1 Å². The van der Waals surface area contributed by atoms with Crippen molar-refractivity contribution >= 4 is 23.0 Å². The predicted octanol–water partition coefficient (Wildman–Crippen LogP) is 3.17. The second-order valence-corrected chi connectivity index (χ2v) is 6.44. The van der Waals surface area contributed by atoms with Crippen LogP contribution in [0.1, 0.15) is 45.1 Å². The van der Waals surface area contributed by atoms with Gasteiger partial charge in [-0.05, 0) is 50.0 Å². The van der Waals surface area contributed by atoms with Crippen LogP contribution in [0.15, 0.2) is 23.3 Å². The van der Waals surface area contributed by atoms with E-state index in [0.717, 1.165) is 6.42 Å². The molecule has 1 aromatic rings. The number of thiocarbonyl (C=S) groups is 1. The summed E-state index contributed by atoms with van der Waals surface area (Å²) in [6.45, 7) is 4.07. The lowest BCUT2D eigenvalue weighted by Gasteiger charge is -2.30. The Morgan fingerprint density at radius 2 is 2.09 bits per heavy atom. The summed E-state index contributed by atoms with van der Waals surface area (Å²) in [5.74, 6) is 1.36. The Kier molecular flexibility index (Phi) is 6.21. The Bertz CT molecular complexity index is 589. The van der Waals surface area contributed by atoms with E-state index in [1.807, 2.05) is 6.92 Å². The Morgan fingerprint density at radius 1 is 1.35 bits per heavy atom. The highest BCUT2D eigenvalue weighted by atomic mass is 32.1. The summed E-state index contributed by atoms with van der Waals surface area (Å²) in [6.07, 6.45) is 4.92. The van der Waals surface area contributed by atoms with Crippen molar-refractivity contribution in [2.24, 2.45) is 11.0 Å². The average molecular weight is 335 g/mol. The van der Waals surface area contributed by atoms with E-state index in [1.54, 1.807) is 25.3 Å². The molecule has 0 unspecified atom stereocenters. The minimum Gasteiger partial charge on any atom is -0.507 e. The highest BCUT2D eigenvalue weighted by Gasteiger charge is 2.21. The van der Waals surface area contributed by atoms with Crippen molar-refractivity contribution in [2.45, 2.75) is 45.6 Å². The van der Waals surface area contributed by atoms with Gasteiger partial charge in [0, 0.05) is 17.7 Å². The second kappa shape index (κ2) is 8.15. The molecule has 1 saturated carbocycles. The van der Waals surface area contributed by atoms with Gasteiger partial charge in [-0.25, -0.2) is 0 Å². The molecule has 5 nitrogen and oxygen atoms in total. The molecular formula is C17H25N3O2S. The molecule has 0 radical (unpaired) electrons. The number of nitrogens with one attached hydrogen (secondary N) is 2. The van der Waals surface area contributed by atoms with Crippen molar-refractivity contribution in [1.29, 1.82) is 0 Å². The molecule has 1 aromatic carbocycles. The summed E-state index contributed by atoms with van der Waals surface area (Å²) in [4.78, 5) is 0. The normalized spacial score (nSPS) is 21.6. The summed E-state index contributed by atoms with van der Waals surface area (Å²) in [6, 6.07) is 5.53. The van der Waals surface area contributed by atoms with Crippen molar-refractivity contribution in [1.82, 2.24) is 10.7 Å². The van der Waals surface area contributed by atoms with Gasteiger partial charge in [-0.1, -0.05) is 19.8 Å². The van der Waals surface area contributed by atoms with Gasteiger partial charge < -0.3 is 15.2 Å². The molecule has 2 atom stereocenters. The number of rotatable bonds is 4. The standard InChI is InChI=1S/C17H25N3O2S/c1-11-6-4-5-7-15(11)18-17(23)20-19-12(2)14-9-8-13(22-3)10-16(14)21/h8-11,15,21H,4-7H2,1-3H3,(H2,18,20,23)/b19-12+/t11-,15-/m0/s1. The van der Waals surface area contributed by atoms with E-state index in [2.05, 4.69) is 22.8 Å². The SMILES string of the molecule is COc1ccc(/C(C)=N/NC(=S)N[C@H]2CCCC[C@@H]2C)c(O)c1. The van der Waals surface area contributed by atoms with Crippen LogP contribution in [0.4, 0.5) is 0 Å². The van der Waals surface area contributed by atoms with Gasteiger partial charge in [-0.3, -0.25) is 5.43 Å². The molecule has 0 aliphatic heterocycles. The molecule has 6 heteroatoms. The number of nitrogens with zero attached hydrogens (tertiary/aromatic N) is 1. The minimum atomic E-state index is 0.132. The fourth-order valence-corrected chi connectivity index (χ4v) is 3.07. The van der Waals surface area contributed by atoms with Crippen molar-refractivity contribution < 1.29 is 9.84 Å². The molecule has 1 aliphatic rings. The van der Waals surface area contributed by atoms with Crippen molar-refractivity contribution in [3.05, 3.63) is 23.8 Å². The summed E-state index contributed by atoms with van der Waals surface area (Å²) in [5, 5.41) is 18.1. The smallest absolute Gasteiger partial charge is 0.187 e. The van der Waals surface area contributed by atoms with Crippen LogP contribution in [0.25, 0.3) is 0 Å². The summed E-state index contributed by atoms with van der Waals surface area (Å²) >= 11 is 5.32. The van der Waals surface area contributed by atoms with Crippen LogP contribution in [0.2, 0.25) is 0 Å². The third-order valence-corrected chi connectivity index (χ3v) is 4.56. The van der Waals surface area contributed by atoms with Gasteiger partial charge in [0.2, 0.25) is 0 Å². The maximum atomic E-state index is 10.0. The maximum Gasteiger partial charge on any atom is 0.187 e. The number of phenolic OH excluding ortho intramolecular Hbond substituents is 1. The zero-order valence-corrected chi connectivity index (χ0v) is 14.7. The zero-order valence-electron chi connectivity index (χ0n) is 13.9. The topological polar surface area (TPSA) is 65.9 Å². The lowest BCUT2D eigenvalue weighted by atomic mass is 9.86. The molecule has 1 fully saturated rings. The van der Waals surface area contributed by atoms with E-state index < -0.39 is 0 Å². The first-order valence-electron chi connectivity index (χ1n) is 7.99. The van der Waals surface area contributed by atoms with Gasteiger partial charge in [0.25, 0.3) is 0 Å². The average Bonchev–Trinajstić information content (AvgIpc) is 2.54. The molecule has 3 N–H and O–H groups in total. The number of benzene rings is 1. The fourth-order valence-electron chi connectivity index (χ4n) is 2.87. The lowest BCUT2D eigenvalue weighted by Crippen LogP contribution is -2.44. The molecule has 2 rings (SSSR count). The van der Waals surface area contributed by atoms with E-state index in [4.69, 9.17) is 17.0 Å². The number of phenols is 1. The highest BCUT2D eigenvalue weighted by Crippen LogP contribution is 2.24. The van der Waals surface area contributed by atoms with E-state index in [-0.39, 0.29) is 5.75 Å². The summed E-state index contributed by atoms with van der Waals surface area (Å²) in [5.41, 5.74) is 4.17. The van der Waals surface area contributed by atoms with E-state index in [0.29, 0.717) is 34.1 Å². The van der Waals surface area contributed by atoms with Gasteiger partial charge in [0.15, 0.2) is 5.11 Å². The molecule has 126 valence electrons. The molecule has 0 heterocycles. The predicted molar refractivity (Wildman–Crippen MR) is 97.2 cm³/mol. The molecule has 1 aliphatic carbocycles. The van der Waals surface area contributed by atoms with E-state index in [9.17, 15) is 5.11 Å². The molecule has 0 spiro atoms. The van der Waals surface area contributed by atoms with Gasteiger partial charge >= 0.3 is 0 Å². The number of methoxy groups -OCH3 is 1. The lowest BCUT2D eigenvalue weighted by molar-refractivity contribution is 0.308. The highest BCUT2D eigenvalue weighted by molar-refractivity contribution is 7.80. The zero-order chi connectivity index (χ0) is 16.8. The van der Waals surface area contributed by atoms with Crippen molar-refractivity contribution in [3.63, 3.8) is 0 Å². The van der Waals surface area contributed by atoms with Crippen LogP contribution in [0, 0.1) is 5.92 Å². The Morgan fingerprint density at radius 3 is 2.74 bits per heavy atom. The Labute approximate surface area is 143 Å². The third-order valence-electron chi connectivity index (χ3n) is 4.35. The van der Waals surface area contributed by atoms with Crippen LogP contribution in [0.3, 0.4) is 0 Å². The number of aromatic hydroxyl groups is 1. The van der Waals surface area contributed by atoms with E-state index in [1.165, 1.54) is 19.3 Å². The Balaban J connectivity index is 1.94. The van der Waals surface area contributed by atoms with Gasteiger partial charge in [0.1, 0.15) is 11.5 Å². The van der Waals surface area contributed by atoms with Crippen LogP contribution >= 0.6 is 12.2 Å². The number of hydrazone groups is 1. The van der Waals surface area contributed by atoms with Crippen LogP contribution in [-0.2, 0) is 0 Å². The largest absolute Gasteiger partial charge is 0.507 e. The quantitative estimate of drug-likeness (QED) is 0.448. The third kappa shape index (κ3) is 4.82. The number of ether oxygens (including phenoxy) is 1. The first kappa shape index (κ1) is 17.5. The maximum absolute atomic E-state index is 10.0. The van der Waals surface area contributed by atoms with Gasteiger partial charge in [-0.2, -0.15) is 5.10 Å². The number of hydrogen-bond donors (Lipinski definition) is 3. The van der Waals surface area contributed by atoms with Gasteiger partial charge in [-0.15, -0.1) is 0 Å². The van der Waals surface area contributed by atoms with Crippen molar-refractivity contribution in [3.8, 4) is 11.5 Å². The molecule has 0 amide bonds. The first-order chi connectivity index (χ1) is 11.0. The first-order valence-corrected chi connectivity index (χ1v) is 8.40. The van der Waals surface area contributed by atoms with Crippen LogP contribution in [0.5, 0.6) is 11.5 Å². The fraction of sp³-hybridized carbons (Fsp3) is 0.529. The van der Waals surface area contributed by atoms with Gasteiger partial charge in [0.05, 0.1) is 12.8 Å².